The van der Waals surface area contributed by atoms with Gasteiger partial charge < -0.3 is 15.3 Å². The quantitative estimate of drug-likeness (QED) is 0.787. The van der Waals surface area contributed by atoms with E-state index >= 15 is 0 Å². The number of nitrogens with one attached hydrogen (secondary N) is 1. The van der Waals surface area contributed by atoms with Crippen molar-refractivity contribution in [2.75, 3.05) is 20.1 Å². The van der Waals surface area contributed by atoms with E-state index in [0.29, 0.717) is 12.1 Å². The first-order valence-electron chi connectivity index (χ1n) is 7.28. The van der Waals surface area contributed by atoms with Crippen LogP contribution in [0.15, 0.2) is 0 Å². The molecule has 0 radical (unpaired) electrons. The monoisotopic (exact) mass is 240 g/mol. The zero-order valence-electron chi connectivity index (χ0n) is 11.4. The average Bonchev–Trinajstić information content (AvgIpc) is 2.33. The summed E-state index contributed by atoms with van der Waals surface area (Å²) < 4.78 is 0. The molecule has 3 nitrogen and oxygen atoms in total. The normalized spacial score (nSPS) is 34.8. The van der Waals surface area contributed by atoms with Crippen molar-refractivity contribution in [2.45, 2.75) is 63.6 Å². The lowest BCUT2D eigenvalue weighted by Crippen LogP contribution is -2.46. The molecule has 1 atom stereocenters. The minimum absolute atomic E-state index is 0.0355. The van der Waals surface area contributed by atoms with Gasteiger partial charge in [-0.3, -0.25) is 0 Å². The number of aliphatic hydroxyl groups excluding tert-OH is 1. The summed E-state index contributed by atoms with van der Waals surface area (Å²) in [6, 6.07) is 1.29. The van der Waals surface area contributed by atoms with Gasteiger partial charge in [0.05, 0.1) is 6.10 Å². The number of nitrogens with zero attached hydrogens (tertiary/aromatic N) is 1. The van der Waals surface area contributed by atoms with Gasteiger partial charge in [0.2, 0.25) is 0 Å². The molecule has 100 valence electrons. The highest BCUT2D eigenvalue weighted by Crippen LogP contribution is 2.23. The summed E-state index contributed by atoms with van der Waals surface area (Å²) in [5, 5.41) is 13.3. The number of likely N-dealkylation sites (tertiary alicyclic amines) is 1. The number of piperidine rings is 1. The lowest BCUT2D eigenvalue weighted by atomic mass is 9.87. The molecule has 0 aromatic heterocycles. The Morgan fingerprint density at radius 1 is 1.06 bits per heavy atom. The fourth-order valence-corrected chi connectivity index (χ4v) is 3.28. The van der Waals surface area contributed by atoms with Crippen LogP contribution in [0, 0.1) is 5.92 Å². The van der Waals surface area contributed by atoms with Gasteiger partial charge >= 0.3 is 0 Å². The molecule has 0 bridgehead atoms. The van der Waals surface area contributed by atoms with Crippen LogP contribution in [0.3, 0.4) is 0 Å². The van der Waals surface area contributed by atoms with Crippen molar-refractivity contribution in [3.8, 4) is 0 Å². The van der Waals surface area contributed by atoms with Gasteiger partial charge in [-0.25, -0.2) is 0 Å². The molecule has 1 saturated heterocycles. The SMILES string of the molecule is CC(NC1CCC(O)CC1)C1CCN(C)CC1. The second-order valence-electron chi connectivity index (χ2n) is 6.10. The molecule has 1 aliphatic heterocycles. The van der Waals surface area contributed by atoms with E-state index in [4.69, 9.17) is 0 Å². The molecule has 1 unspecified atom stereocenters. The predicted octanol–water partition coefficient (Wildman–Crippen LogP) is 1.61. The molecule has 0 aromatic carbocycles. The van der Waals surface area contributed by atoms with E-state index in [1.54, 1.807) is 0 Å². The van der Waals surface area contributed by atoms with E-state index in [0.717, 1.165) is 31.6 Å². The highest BCUT2D eigenvalue weighted by molar-refractivity contribution is 4.83. The summed E-state index contributed by atoms with van der Waals surface area (Å²) in [7, 11) is 2.22. The van der Waals surface area contributed by atoms with Crippen molar-refractivity contribution < 1.29 is 5.11 Å². The van der Waals surface area contributed by atoms with E-state index in [1.807, 2.05) is 0 Å². The first-order valence-corrected chi connectivity index (χ1v) is 7.28. The Bertz CT molecular complexity index is 218. The second kappa shape index (κ2) is 6.17. The molecule has 0 amide bonds. The van der Waals surface area contributed by atoms with Crippen molar-refractivity contribution in [1.82, 2.24) is 10.2 Å². The second-order valence-corrected chi connectivity index (χ2v) is 6.10. The van der Waals surface area contributed by atoms with Crippen LogP contribution in [0.4, 0.5) is 0 Å². The summed E-state index contributed by atoms with van der Waals surface area (Å²) in [6.45, 7) is 4.85. The summed E-state index contributed by atoms with van der Waals surface area (Å²) >= 11 is 0. The third-order valence-electron chi connectivity index (χ3n) is 4.67. The molecule has 17 heavy (non-hydrogen) atoms. The largest absolute Gasteiger partial charge is 0.393 e. The topological polar surface area (TPSA) is 35.5 Å². The minimum atomic E-state index is -0.0355. The van der Waals surface area contributed by atoms with E-state index in [2.05, 4.69) is 24.2 Å². The van der Waals surface area contributed by atoms with Gasteiger partial charge in [-0.05, 0) is 71.5 Å². The van der Waals surface area contributed by atoms with Crippen LogP contribution in [0.1, 0.15) is 45.4 Å². The predicted molar refractivity (Wildman–Crippen MR) is 71.1 cm³/mol. The van der Waals surface area contributed by atoms with Gasteiger partial charge in [0.15, 0.2) is 0 Å². The third-order valence-corrected chi connectivity index (χ3v) is 4.67. The molecule has 2 fully saturated rings. The molecular formula is C14H28N2O. The lowest BCUT2D eigenvalue weighted by Gasteiger charge is -2.36. The van der Waals surface area contributed by atoms with Crippen molar-refractivity contribution in [3.63, 3.8) is 0 Å². The van der Waals surface area contributed by atoms with Crippen LogP contribution < -0.4 is 5.32 Å². The summed E-state index contributed by atoms with van der Waals surface area (Å²) in [4.78, 5) is 2.43. The minimum Gasteiger partial charge on any atom is -0.393 e. The van der Waals surface area contributed by atoms with Crippen LogP contribution in [-0.4, -0.2) is 48.3 Å². The molecule has 0 aromatic rings. The smallest absolute Gasteiger partial charge is 0.0541 e. The van der Waals surface area contributed by atoms with Gasteiger partial charge in [-0.2, -0.15) is 0 Å². The van der Waals surface area contributed by atoms with Crippen LogP contribution in [0.25, 0.3) is 0 Å². The maximum atomic E-state index is 9.51. The van der Waals surface area contributed by atoms with Crippen molar-refractivity contribution >= 4 is 0 Å². The standard InChI is InChI=1S/C14H28N2O/c1-11(12-7-9-16(2)10-8-12)15-13-3-5-14(17)6-4-13/h11-15,17H,3-10H2,1-2H3. The summed E-state index contributed by atoms with van der Waals surface area (Å²) in [5.74, 6) is 0.845. The van der Waals surface area contributed by atoms with Crippen molar-refractivity contribution in [2.24, 2.45) is 5.92 Å². The molecular weight excluding hydrogens is 212 g/mol. The van der Waals surface area contributed by atoms with Crippen molar-refractivity contribution in [3.05, 3.63) is 0 Å². The summed E-state index contributed by atoms with van der Waals surface area (Å²) in [6.07, 6.45) is 6.90. The van der Waals surface area contributed by atoms with Crippen LogP contribution in [0.2, 0.25) is 0 Å². The van der Waals surface area contributed by atoms with Gasteiger partial charge in [0.25, 0.3) is 0 Å². The Balaban J connectivity index is 1.71. The highest BCUT2D eigenvalue weighted by atomic mass is 16.3. The van der Waals surface area contributed by atoms with E-state index in [1.165, 1.54) is 25.9 Å². The number of hydrogen-bond donors (Lipinski definition) is 2. The zero-order valence-corrected chi connectivity index (χ0v) is 11.4. The van der Waals surface area contributed by atoms with Gasteiger partial charge in [-0.1, -0.05) is 0 Å². The molecule has 2 N–H and O–H groups in total. The maximum Gasteiger partial charge on any atom is 0.0541 e. The zero-order chi connectivity index (χ0) is 12.3. The molecule has 1 saturated carbocycles. The molecule has 1 heterocycles. The Morgan fingerprint density at radius 2 is 1.65 bits per heavy atom. The fraction of sp³-hybridized carbons (Fsp3) is 1.00. The maximum absolute atomic E-state index is 9.51. The van der Waals surface area contributed by atoms with Gasteiger partial charge in [-0.15, -0.1) is 0 Å². The number of aliphatic hydroxyl groups is 1. The van der Waals surface area contributed by atoms with Gasteiger partial charge in [0, 0.05) is 12.1 Å². The molecule has 3 heteroatoms. The Hall–Kier alpha value is -0.120. The molecule has 0 spiro atoms. The molecule has 2 aliphatic rings. The van der Waals surface area contributed by atoms with Crippen LogP contribution >= 0.6 is 0 Å². The Kier molecular flexibility index (Phi) is 4.83. The molecule has 2 rings (SSSR count). The van der Waals surface area contributed by atoms with E-state index in [-0.39, 0.29) is 6.10 Å². The van der Waals surface area contributed by atoms with E-state index < -0.39 is 0 Å². The lowest BCUT2D eigenvalue weighted by molar-refractivity contribution is 0.108. The molecule has 1 aliphatic carbocycles. The summed E-state index contributed by atoms with van der Waals surface area (Å²) in [5.41, 5.74) is 0. The fourth-order valence-electron chi connectivity index (χ4n) is 3.28. The average molecular weight is 240 g/mol. The highest BCUT2D eigenvalue weighted by Gasteiger charge is 2.26. The number of hydrogen-bond acceptors (Lipinski definition) is 3. The Labute approximate surface area is 106 Å². The first kappa shape index (κ1) is 13.3. The number of rotatable bonds is 3. The van der Waals surface area contributed by atoms with Gasteiger partial charge in [0.1, 0.15) is 0 Å². The third kappa shape index (κ3) is 3.94. The van der Waals surface area contributed by atoms with Crippen LogP contribution in [0.5, 0.6) is 0 Å². The van der Waals surface area contributed by atoms with E-state index in [9.17, 15) is 5.11 Å². The Morgan fingerprint density at radius 3 is 2.24 bits per heavy atom. The van der Waals surface area contributed by atoms with Crippen molar-refractivity contribution in [1.29, 1.82) is 0 Å². The first-order chi connectivity index (χ1) is 8.15. The van der Waals surface area contributed by atoms with Crippen LogP contribution in [-0.2, 0) is 0 Å².